The standard InChI is InChI=1S/C12H8ClF3N2/c1-7-2-4-8(5-3-7)10-6-9(12(14,15)16)11(13)18-17-10/h2-6H,1H3. The molecule has 0 aliphatic rings. The molecule has 0 N–H and O–H groups in total. The average molecular weight is 273 g/mol. The molecule has 2 aromatic rings. The minimum atomic E-state index is -4.54. The fourth-order valence-electron chi connectivity index (χ4n) is 1.44. The molecule has 0 spiro atoms. The van der Waals surface area contributed by atoms with Crippen molar-refractivity contribution in [1.82, 2.24) is 10.2 Å². The quantitative estimate of drug-likeness (QED) is 0.780. The van der Waals surface area contributed by atoms with Crippen molar-refractivity contribution < 1.29 is 13.2 Å². The first-order chi connectivity index (χ1) is 8.38. The molecule has 0 fully saturated rings. The third-order valence-electron chi connectivity index (χ3n) is 2.40. The summed E-state index contributed by atoms with van der Waals surface area (Å²) in [5.74, 6) is 0. The highest BCUT2D eigenvalue weighted by Gasteiger charge is 2.34. The van der Waals surface area contributed by atoms with Crippen molar-refractivity contribution in [3.8, 4) is 11.3 Å². The van der Waals surface area contributed by atoms with E-state index in [1.165, 1.54) is 0 Å². The molecule has 1 aromatic heterocycles. The third-order valence-corrected chi connectivity index (χ3v) is 2.68. The van der Waals surface area contributed by atoms with Gasteiger partial charge in [-0.3, -0.25) is 0 Å². The Morgan fingerprint density at radius 2 is 1.67 bits per heavy atom. The van der Waals surface area contributed by atoms with Crippen LogP contribution in [0.3, 0.4) is 0 Å². The summed E-state index contributed by atoms with van der Waals surface area (Å²) in [4.78, 5) is 0. The summed E-state index contributed by atoms with van der Waals surface area (Å²) in [5, 5.41) is 6.37. The van der Waals surface area contributed by atoms with E-state index >= 15 is 0 Å². The molecule has 18 heavy (non-hydrogen) atoms. The van der Waals surface area contributed by atoms with Gasteiger partial charge in [-0.15, -0.1) is 10.2 Å². The molecule has 2 rings (SSSR count). The van der Waals surface area contributed by atoms with Crippen molar-refractivity contribution in [2.75, 3.05) is 0 Å². The van der Waals surface area contributed by atoms with Crippen LogP contribution in [0.2, 0.25) is 5.15 Å². The van der Waals surface area contributed by atoms with Gasteiger partial charge in [0, 0.05) is 5.56 Å². The summed E-state index contributed by atoms with van der Waals surface area (Å²) in [7, 11) is 0. The Morgan fingerprint density at radius 1 is 1.06 bits per heavy atom. The van der Waals surface area contributed by atoms with Gasteiger partial charge in [0.2, 0.25) is 0 Å². The van der Waals surface area contributed by atoms with Gasteiger partial charge in [0.25, 0.3) is 0 Å². The Labute approximate surface area is 106 Å². The van der Waals surface area contributed by atoms with Gasteiger partial charge in [-0.05, 0) is 13.0 Å². The highest BCUT2D eigenvalue weighted by Crippen LogP contribution is 2.35. The first-order valence-corrected chi connectivity index (χ1v) is 5.43. The number of aromatic nitrogens is 2. The number of rotatable bonds is 1. The second-order valence-electron chi connectivity index (χ2n) is 3.80. The maximum atomic E-state index is 12.7. The maximum Gasteiger partial charge on any atom is 0.419 e. The van der Waals surface area contributed by atoms with E-state index in [0.717, 1.165) is 11.6 Å². The lowest BCUT2D eigenvalue weighted by Gasteiger charge is -2.09. The molecule has 0 amide bonds. The Morgan fingerprint density at radius 3 is 2.22 bits per heavy atom. The molecule has 0 bridgehead atoms. The SMILES string of the molecule is Cc1ccc(-c2cc(C(F)(F)F)c(Cl)nn2)cc1. The van der Waals surface area contributed by atoms with Crippen LogP contribution in [-0.2, 0) is 6.18 Å². The number of hydrogen-bond acceptors (Lipinski definition) is 2. The number of aryl methyl sites for hydroxylation is 1. The van der Waals surface area contributed by atoms with Gasteiger partial charge in [0.15, 0.2) is 5.15 Å². The van der Waals surface area contributed by atoms with E-state index < -0.39 is 16.9 Å². The molecule has 6 heteroatoms. The van der Waals surface area contributed by atoms with Crippen LogP contribution in [0.25, 0.3) is 11.3 Å². The van der Waals surface area contributed by atoms with E-state index in [4.69, 9.17) is 11.6 Å². The van der Waals surface area contributed by atoms with Crippen molar-refractivity contribution in [3.63, 3.8) is 0 Å². The highest BCUT2D eigenvalue weighted by atomic mass is 35.5. The third kappa shape index (κ3) is 2.61. The predicted octanol–water partition coefficient (Wildman–Crippen LogP) is 4.12. The van der Waals surface area contributed by atoms with Crippen molar-refractivity contribution in [1.29, 1.82) is 0 Å². The molecular weight excluding hydrogens is 265 g/mol. The minimum absolute atomic E-state index is 0.145. The molecule has 0 aliphatic carbocycles. The molecular formula is C12H8ClF3N2. The van der Waals surface area contributed by atoms with Crippen molar-refractivity contribution >= 4 is 11.6 Å². The second kappa shape index (κ2) is 4.57. The van der Waals surface area contributed by atoms with Crippen molar-refractivity contribution in [3.05, 3.63) is 46.6 Å². The largest absolute Gasteiger partial charge is 0.419 e. The monoisotopic (exact) mass is 272 g/mol. The summed E-state index contributed by atoms with van der Waals surface area (Å²) in [6.07, 6.45) is -4.54. The van der Waals surface area contributed by atoms with Gasteiger partial charge in [0.05, 0.1) is 11.3 Å². The first-order valence-electron chi connectivity index (χ1n) is 5.05. The summed E-state index contributed by atoms with van der Waals surface area (Å²) in [6.45, 7) is 1.89. The fraction of sp³-hybridized carbons (Fsp3) is 0.167. The van der Waals surface area contributed by atoms with E-state index in [1.54, 1.807) is 24.3 Å². The molecule has 0 radical (unpaired) electrons. The lowest BCUT2D eigenvalue weighted by atomic mass is 10.1. The number of hydrogen-bond donors (Lipinski definition) is 0. The van der Waals surface area contributed by atoms with Gasteiger partial charge in [-0.2, -0.15) is 13.2 Å². The normalized spacial score (nSPS) is 11.6. The van der Waals surface area contributed by atoms with E-state index in [1.807, 2.05) is 6.92 Å². The minimum Gasteiger partial charge on any atom is -0.166 e. The van der Waals surface area contributed by atoms with E-state index in [9.17, 15) is 13.2 Å². The van der Waals surface area contributed by atoms with Gasteiger partial charge in [-0.1, -0.05) is 41.4 Å². The molecule has 1 aromatic carbocycles. The summed E-state index contributed by atoms with van der Waals surface area (Å²) in [6, 6.07) is 7.86. The Hall–Kier alpha value is -1.62. The molecule has 94 valence electrons. The Kier molecular flexibility index (Phi) is 3.26. The van der Waals surface area contributed by atoms with Gasteiger partial charge in [0.1, 0.15) is 0 Å². The van der Waals surface area contributed by atoms with E-state index in [0.29, 0.717) is 5.56 Å². The number of halogens is 4. The van der Waals surface area contributed by atoms with E-state index in [-0.39, 0.29) is 5.69 Å². The van der Waals surface area contributed by atoms with Gasteiger partial charge >= 0.3 is 6.18 Å². The lowest BCUT2D eigenvalue weighted by molar-refractivity contribution is -0.137. The van der Waals surface area contributed by atoms with Crippen LogP contribution >= 0.6 is 11.6 Å². The summed E-state index contributed by atoms with van der Waals surface area (Å²) in [5.41, 5.74) is 0.744. The maximum absolute atomic E-state index is 12.7. The van der Waals surface area contributed by atoms with Crippen LogP contribution < -0.4 is 0 Å². The average Bonchev–Trinajstić information content (AvgIpc) is 2.29. The second-order valence-corrected chi connectivity index (χ2v) is 4.16. The van der Waals surface area contributed by atoms with Gasteiger partial charge in [-0.25, -0.2) is 0 Å². The van der Waals surface area contributed by atoms with Crippen molar-refractivity contribution in [2.45, 2.75) is 13.1 Å². The summed E-state index contributed by atoms with van der Waals surface area (Å²) >= 11 is 5.40. The lowest BCUT2D eigenvalue weighted by Crippen LogP contribution is -2.08. The Bertz CT molecular complexity index is 565. The predicted molar refractivity (Wildman–Crippen MR) is 62.2 cm³/mol. The molecule has 0 atom stereocenters. The van der Waals surface area contributed by atoms with Crippen LogP contribution in [0.15, 0.2) is 30.3 Å². The molecule has 0 saturated carbocycles. The summed E-state index contributed by atoms with van der Waals surface area (Å²) < 4.78 is 38.0. The van der Waals surface area contributed by atoms with Crippen LogP contribution in [0.4, 0.5) is 13.2 Å². The van der Waals surface area contributed by atoms with Crippen LogP contribution in [0.5, 0.6) is 0 Å². The van der Waals surface area contributed by atoms with Gasteiger partial charge < -0.3 is 0 Å². The number of nitrogens with zero attached hydrogens (tertiary/aromatic N) is 2. The number of benzene rings is 1. The smallest absolute Gasteiger partial charge is 0.166 e. The topological polar surface area (TPSA) is 25.8 Å². The number of alkyl halides is 3. The zero-order chi connectivity index (χ0) is 13.3. The molecule has 0 aliphatic heterocycles. The zero-order valence-electron chi connectivity index (χ0n) is 9.29. The van der Waals surface area contributed by atoms with Crippen LogP contribution in [0, 0.1) is 6.92 Å². The first kappa shape index (κ1) is 12.8. The highest BCUT2D eigenvalue weighted by molar-refractivity contribution is 6.30. The zero-order valence-corrected chi connectivity index (χ0v) is 10.0. The fourth-order valence-corrected chi connectivity index (χ4v) is 1.64. The van der Waals surface area contributed by atoms with Crippen LogP contribution in [0.1, 0.15) is 11.1 Å². The Balaban J connectivity index is 2.50. The van der Waals surface area contributed by atoms with E-state index in [2.05, 4.69) is 10.2 Å². The molecule has 0 unspecified atom stereocenters. The molecule has 1 heterocycles. The van der Waals surface area contributed by atoms with Crippen molar-refractivity contribution in [2.24, 2.45) is 0 Å². The molecule has 2 nitrogen and oxygen atoms in total. The molecule has 0 saturated heterocycles. The van der Waals surface area contributed by atoms with Crippen LogP contribution in [-0.4, -0.2) is 10.2 Å².